The third-order valence-corrected chi connectivity index (χ3v) is 7.04. The van der Waals surface area contributed by atoms with Gasteiger partial charge in [-0.05, 0) is 46.9 Å². The van der Waals surface area contributed by atoms with Crippen LogP contribution in [0.25, 0.3) is 0 Å². The summed E-state index contributed by atoms with van der Waals surface area (Å²) in [6, 6.07) is 0. The molecule has 0 rings (SSSR count). The van der Waals surface area contributed by atoms with E-state index in [1.54, 1.807) is 0 Å². The molecule has 0 aromatic heterocycles. The van der Waals surface area contributed by atoms with Crippen molar-refractivity contribution in [2.24, 2.45) is 0 Å². The third kappa shape index (κ3) is 3.79. The van der Waals surface area contributed by atoms with Gasteiger partial charge in [0.1, 0.15) is 0 Å². The van der Waals surface area contributed by atoms with Crippen molar-refractivity contribution in [2.75, 3.05) is 0 Å². The van der Waals surface area contributed by atoms with Crippen LogP contribution in [-0.2, 0) is 0 Å². The molecule has 0 saturated carbocycles. The second-order valence-corrected chi connectivity index (χ2v) is 10.3. The second kappa shape index (κ2) is 3.59. The summed E-state index contributed by atoms with van der Waals surface area (Å²) in [5.74, 6) is 0. The summed E-state index contributed by atoms with van der Waals surface area (Å²) in [6.07, 6.45) is 0. The highest BCUT2D eigenvalue weighted by molar-refractivity contribution is 9.70. The van der Waals surface area contributed by atoms with Gasteiger partial charge in [0.2, 0.25) is 0 Å². The molecule has 0 N–H and O–H groups in total. The van der Waals surface area contributed by atoms with Gasteiger partial charge in [-0.15, -0.1) is 0 Å². The lowest BCUT2D eigenvalue weighted by Gasteiger charge is -1.90. The van der Waals surface area contributed by atoms with Crippen LogP contribution in [0, 0.1) is 0 Å². The van der Waals surface area contributed by atoms with Gasteiger partial charge in [-0.3, -0.25) is 0 Å². The quantitative estimate of drug-likeness (QED) is 0.643. The molecule has 0 heterocycles. The summed E-state index contributed by atoms with van der Waals surface area (Å²) in [4.78, 5) is 0. The van der Waals surface area contributed by atoms with E-state index in [-0.39, 0.29) is 5.33 Å². The fourth-order valence-electron chi connectivity index (χ4n) is 0. The lowest BCUT2D eigenvalue weighted by atomic mass is 11.3. The average Bonchev–Trinajstić information content (AvgIpc) is 1.36. The molecule has 0 fully saturated rings. The van der Waals surface area contributed by atoms with Gasteiger partial charge in [-0.25, -0.2) is 0 Å². The third-order valence-electron chi connectivity index (χ3n) is 0.183. The average molecular weight is 297 g/mol. The predicted molar refractivity (Wildman–Crippen MR) is 42.8 cm³/mol. The molecule has 0 bridgehead atoms. The molecular weight excluding hydrogens is 295 g/mol. The summed E-state index contributed by atoms with van der Waals surface area (Å²) in [5.41, 5.74) is 0. The summed E-state index contributed by atoms with van der Waals surface area (Å²) in [7, 11) is 0. The Morgan fingerprint density at radius 3 is 1.67 bits per heavy atom. The predicted octanol–water partition coefficient (Wildman–Crippen LogP) is 3.95. The van der Waals surface area contributed by atoms with E-state index in [0.29, 0.717) is 0 Å². The molecule has 4 heteroatoms. The van der Waals surface area contributed by atoms with Crippen LogP contribution in [-0.4, -0.2) is 0 Å². The molecule has 0 amide bonds. The molecule has 0 radical (unpaired) electrons. The van der Waals surface area contributed by atoms with Crippen molar-refractivity contribution in [3.63, 3.8) is 0 Å². The van der Waals surface area contributed by atoms with Crippen LogP contribution >= 0.6 is 52.2 Å². The molecule has 0 aliphatic heterocycles. The number of hydrogen-bond donors (Lipinski definition) is 0. The molecule has 36 valence electrons. The standard InChI is InChI=1S/C2H2Br3P/c1-2(3)6(4)5/h1H2. The van der Waals surface area contributed by atoms with E-state index in [2.05, 4.69) is 53.5 Å². The Hall–Kier alpha value is 1.61. The molecule has 0 aromatic carbocycles. The van der Waals surface area contributed by atoms with E-state index in [9.17, 15) is 0 Å². The second-order valence-electron chi connectivity index (χ2n) is 0.609. The van der Waals surface area contributed by atoms with Gasteiger partial charge >= 0.3 is 0 Å². The van der Waals surface area contributed by atoms with Crippen molar-refractivity contribution in [1.82, 2.24) is 0 Å². The first-order valence-corrected chi connectivity index (χ1v) is 7.28. The zero-order valence-electron chi connectivity index (χ0n) is 2.79. The van der Waals surface area contributed by atoms with Gasteiger partial charge in [-0.2, -0.15) is 0 Å². The fourth-order valence-corrected chi connectivity index (χ4v) is 0. The van der Waals surface area contributed by atoms with Gasteiger partial charge in [-0.1, -0.05) is 6.58 Å². The molecule has 0 aromatic rings. The van der Waals surface area contributed by atoms with Crippen LogP contribution in [0.15, 0.2) is 10.8 Å². The van der Waals surface area contributed by atoms with Gasteiger partial charge in [0.15, 0.2) is 0 Å². The van der Waals surface area contributed by atoms with Crippen LogP contribution in [0.2, 0.25) is 0 Å². The minimum absolute atomic E-state index is 0.312. The summed E-state index contributed by atoms with van der Waals surface area (Å²) < 4.78 is 0.970. The maximum Gasteiger partial charge on any atom is 0.0719 e. The zero-order valence-corrected chi connectivity index (χ0v) is 8.44. The first-order chi connectivity index (χ1) is 2.64. The van der Waals surface area contributed by atoms with E-state index in [4.69, 9.17) is 0 Å². The van der Waals surface area contributed by atoms with Crippen molar-refractivity contribution in [3.8, 4) is 0 Å². The molecule has 0 aliphatic rings. The fraction of sp³-hybridized carbons (Fsp3) is 0. The van der Waals surface area contributed by atoms with E-state index in [1.165, 1.54) is 0 Å². The van der Waals surface area contributed by atoms with Crippen molar-refractivity contribution < 1.29 is 0 Å². The number of halogens is 3. The van der Waals surface area contributed by atoms with Crippen molar-refractivity contribution in [3.05, 3.63) is 10.8 Å². The van der Waals surface area contributed by atoms with E-state index in [1.807, 2.05) is 0 Å². The van der Waals surface area contributed by atoms with Gasteiger partial charge in [0, 0.05) is 4.22 Å². The van der Waals surface area contributed by atoms with Crippen molar-refractivity contribution >= 4 is 52.2 Å². The zero-order chi connectivity index (χ0) is 5.15. The summed E-state index contributed by atoms with van der Waals surface area (Å²) in [6.45, 7) is 3.61. The Morgan fingerprint density at radius 2 is 1.67 bits per heavy atom. The van der Waals surface area contributed by atoms with Crippen molar-refractivity contribution in [2.45, 2.75) is 0 Å². The largest absolute Gasteiger partial charge is 0.0826 e. The minimum atomic E-state index is -0.312. The maximum absolute atomic E-state index is 3.61. The van der Waals surface area contributed by atoms with Crippen LogP contribution in [0.5, 0.6) is 0 Å². The highest BCUT2D eigenvalue weighted by Gasteiger charge is 1.94. The molecule has 6 heavy (non-hydrogen) atoms. The van der Waals surface area contributed by atoms with Gasteiger partial charge < -0.3 is 0 Å². The SMILES string of the molecule is C=C(Br)P(Br)Br. The van der Waals surface area contributed by atoms with E-state index < -0.39 is 0 Å². The normalized spacial score (nSPS) is 9.33. The van der Waals surface area contributed by atoms with Gasteiger partial charge in [0.05, 0.1) is 5.33 Å². The van der Waals surface area contributed by atoms with Crippen molar-refractivity contribution in [1.29, 1.82) is 0 Å². The molecule has 0 atom stereocenters. The van der Waals surface area contributed by atoms with E-state index in [0.717, 1.165) is 4.22 Å². The summed E-state index contributed by atoms with van der Waals surface area (Å²) in [5, 5.41) is -0.312. The number of hydrogen-bond acceptors (Lipinski definition) is 0. The van der Waals surface area contributed by atoms with Gasteiger partial charge in [0.25, 0.3) is 0 Å². The Morgan fingerprint density at radius 1 is 1.50 bits per heavy atom. The molecule has 0 unspecified atom stereocenters. The van der Waals surface area contributed by atoms with Crippen LogP contribution < -0.4 is 0 Å². The lowest BCUT2D eigenvalue weighted by Crippen LogP contribution is -1.37. The van der Waals surface area contributed by atoms with Crippen LogP contribution in [0.3, 0.4) is 0 Å². The monoisotopic (exact) mass is 294 g/mol. The first-order valence-electron chi connectivity index (χ1n) is 1.10. The van der Waals surface area contributed by atoms with E-state index >= 15 is 0 Å². The Balaban J connectivity index is 3.26. The first kappa shape index (κ1) is 7.61. The van der Waals surface area contributed by atoms with Crippen LogP contribution in [0.4, 0.5) is 0 Å². The highest BCUT2D eigenvalue weighted by Crippen LogP contribution is 2.60. The Bertz CT molecular complexity index is 59.8. The Kier molecular flexibility index (Phi) is 4.56. The molecule has 0 saturated heterocycles. The highest BCUT2D eigenvalue weighted by atomic mass is 79.9. The smallest absolute Gasteiger partial charge is 0.0719 e. The summed E-state index contributed by atoms with van der Waals surface area (Å²) >= 11 is 9.73. The lowest BCUT2D eigenvalue weighted by molar-refractivity contribution is 2.58. The topological polar surface area (TPSA) is 0 Å². The number of rotatable bonds is 1. The molecule has 0 aliphatic carbocycles. The Labute approximate surface area is 62.7 Å². The maximum atomic E-state index is 3.61. The molecule has 0 nitrogen and oxygen atoms in total. The molecular formula is C2H2Br3P. The molecule has 0 spiro atoms. The van der Waals surface area contributed by atoms with Crippen LogP contribution in [0.1, 0.15) is 0 Å². The minimum Gasteiger partial charge on any atom is -0.0826 e.